The van der Waals surface area contributed by atoms with E-state index in [4.69, 9.17) is 38.3 Å². The number of hydrogen-bond acceptors (Lipinski definition) is 0. The van der Waals surface area contributed by atoms with Gasteiger partial charge in [-0.15, -0.1) is 24.8 Å². The molecule has 1 nitrogen and oxygen atoms in total. The van der Waals surface area contributed by atoms with E-state index in [2.05, 4.69) is 0 Å². The Bertz CT molecular complexity index is 24.0. The van der Waals surface area contributed by atoms with Crippen LogP contribution in [0.2, 0.25) is 0 Å². The van der Waals surface area contributed by atoms with Gasteiger partial charge in [-0.1, -0.05) is 0 Å². The van der Waals surface area contributed by atoms with E-state index in [-0.39, 0.29) is 30.3 Å². The van der Waals surface area contributed by atoms with Gasteiger partial charge in [0, 0.05) is 0 Å². The maximum absolute atomic E-state index is 5.01. The molecule has 0 unspecified atom stereocenters. The average molecular weight is 425 g/mol. The molecular formula is H4Cl6IrO. The van der Waals surface area contributed by atoms with Crippen LogP contribution >= 0.6 is 63.1 Å². The number of halogens is 6. The molecule has 0 aliphatic heterocycles. The number of rotatable bonds is 0. The van der Waals surface area contributed by atoms with Gasteiger partial charge in [-0.25, -0.2) is 0 Å². The van der Waals surface area contributed by atoms with E-state index in [1.807, 2.05) is 0 Å². The summed E-state index contributed by atoms with van der Waals surface area (Å²) in [6, 6.07) is 0. The van der Waals surface area contributed by atoms with Gasteiger partial charge in [0.1, 0.15) is 0 Å². The second-order valence-electron chi connectivity index (χ2n) is 0.286. The summed E-state index contributed by atoms with van der Waals surface area (Å²) in [4.78, 5) is 0. The molecule has 0 saturated heterocycles. The van der Waals surface area contributed by atoms with Crippen molar-refractivity contribution in [1.82, 2.24) is 0 Å². The van der Waals surface area contributed by atoms with E-state index in [0.717, 1.165) is 0 Å². The van der Waals surface area contributed by atoms with Crippen LogP contribution in [0.1, 0.15) is 0 Å². The topological polar surface area (TPSA) is 31.5 Å². The van der Waals surface area contributed by atoms with Crippen molar-refractivity contribution in [2.75, 3.05) is 0 Å². The van der Waals surface area contributed by atoms with E-state index in [9.17, 15) is 0 Å². The maximum atomic E-state index is 5.01. The molecule has 0 bridgehead atoms. The third-order valence-corrected chi connectivity index (χ3v) is 0. The van der Waals surface area contributed by atoms with Crippen LogP contribution in [0, 0.1) is 0 Å². The fourth-order valence-electron chi connectivity index (χ4n) is 0. The van der Waals surface area contributed by atoms with Gasteiger partial charge in [-0.2, -0.15) is 0 Å². The van der Waals surface area contributed by atoms with Crippen LogP contribution in [-0.4, -0.2) is 5.48 Å². The molecule has 0 fully saturated rings. The standard InChI is InChI=1S/6ClH.Ir.H2O/h6*1H;;1H2/q;;;;;;+4;/p-4. The summed E-state index contributed by atoms with van der Waals surface area (Å²) in [5, 5.41) is 0. The Morgan fingerprint density at radius 1 is 0.750 bits per heavy atom. The zero-order valence-electron chi connectivity index (χ0n) is 3.16. The molecule has 0 heterocycles. The van der Waals surface area contributed by atoms with Crippen LogP contribution in [0.25, 0.3) is 0 Å². The van der Waals surface area contributed by atoms with Gasteiger partial charge < -0.3 is 5.48 Å². The average Bonchev–Trinajstić information content (AvgIpc) is 0.722. The molecule has 2 N–H and O–H groups in total. The van der Waals surface area contributed by atoms with Crippen molar-refractivity contribution in [1.29, 1.82) is 0 Å². The summed E-state index contributed by atoms with van der Waals surface area (Å²) in [5.74, 6) is 0. The Morgan fingerprint density at radius 3 is 0.750 bits per heavy atom. The summed E-state index contributed by atoms with van der Waals surface area (Å²) in [7, 11) is 20.1. The van der Waals surface area contributed by atoms with Gasteiger partial charge in [-0.3, -0.25) is 0 Å². The minimum atomic E-state index is -3.11. The molecule has 0 atom stereocenters. The zero-order valence-corrected chi connectivity index (χ0v) is 10.2. The van der Waals surface area contributed by atoms with Crippen molar-refractivity contribution in [3.8, 4) is 0 Å². The molecule has 8 heavy (non-hydrogen) atoms. The van der Waals surface area contributed by atoms with Crippen molar-refractivity contribution in [2.24, 2.45) is 0 Å². The van der Waals surface area contributed by atoms with Gasteiger partial charge in [0.25, 0.3) is 0 Å². The Hall–Kier alpha value is 2.35. The molecule has 0 aromatic rings. The molecule has 0 spiro atoms. The van der Waals surface area contributed by atoms with Crippen LogP contribution in [0.5, 0.6) is 0 Å². The van der Waals surface area contributed by atoms with Crippen molar-refractivity contribution >= 4 is 63.1 Å². The first-order valence-corrected chi connectivity index (χ1v) is 12.4. The summed E-state index contributed by atoms with van der Waals surface area (Å²) in [6.45, 7) is 0. The molecule has 0 saturated carbocycles. The van der Waals surface area contributed by atoms with Gasteiger partial charge in [-0.05, 0) is 0 Å². The molecule has 0 amide bonds. The molecule has 0 aromatic heterocycles. The molecule has 8 heteroatoms. The second-order valence-corrected chi connectivity index (χ2v) is 21.0. The third kappa shape index (κ3) is 81.7. The van der Waals surface area contributed by atoms with Gasteiger partial charge in [0.2, 0.25) is 0 Å². The molecule has 0 radical (unpaired) electrons. The molecule has 61 valence electrons. The van der Waals surface area contributed by atoms with Crippen LogP contribution in [0.15, 0.2) is 0 Å². The van der Waals surface area contributed by atoms with Crippen LogP contribution in [0.4, 0.5) is 0 Å². The normalized spacial score (nSPS) is 9.50. The summed E-state index contributed by atoms with van der Waals surface area (Å²) in [5.41, 5.74) is 0. The first-order valence-electron chi connectivity index (χ1n) is 0.504. The molecule has 0 aliphatic rings. The Balaban J connectivity index is -0.0000000267. The fraction of sp³-hybridized carbons (Fsp3) is 0. The van der Waals surface area contributed by atoms with Crippen LogP contribution in [-0.2, 0) is 11.2 Å². The van der Waals surface area contributed by atoms with Crippen LogP contribution in [0.3, 0.4) is 0 Å². The van der Waals surface area contributed by atoms with E-state index in [1.165, 1.54) is 0 Å². The van der Waals surface area contributed by atoms with Crippen molar-refractivity contribution in [3.63, 3.8) is 0 Å². The second kappa shape index (κ2) is 9.35. The molecule has 0 aromatic carbocycles. The van der Waals surface area contributed by atoms with Crippen LogP contribution < -0.4 is 0 Å². The number of hydrogen-bond donors (Lipinski definition) is 0. The Labute approximate surface area is 79.1 Å². The Morgan fingerprint density at radius 2 is 0.750 bits per heavy atom. The van der Waals surface area contributed by atoms with Crippen molar-refractivity contribution in [2.45, 2.75) is 0 Å². The Kier molecular flexibility index (Phi) is 26.2. The van der Waals surface area contributed by atoms with Gasteiger partial charge in [0.15, 0.2) is 0 Å². The molecular weight excluding hydrogens is 421 g/mol. The molecule has 0 rings (SSSR count). The zero-order chi connectivity index (χ0) is 4.50. The van der Waals surface area contributed by atoms with E-state index in [1.54, 1.807) is 0 Å². The SMILES string of the molecule is Cl.Cl.O.[Cl][Ir]([Cl])([Cl])[Cl]. The first-order chi connectivity index (χ1) is 2.00. The quantitative estimate of drug-likeness (QED) is 0.572. The summed E-state index contributed by atoms with van der Waals surface area (Å²) >= 11 is -3.11. The van der Waals surface area contributed by atoms with E-state index >= 15 is 0 Å². The van der Waals surface area contributed by atoms with E-state index < -0.39 is 11.2 Å². The van der Waals surface area contributed by atoms with Gasteiger partial charge in [0.05, 0.1) is 0 Å². The molecule has 0 aliphatic carbocycles. The predicted octanol–water partition coefficient (Wildman–Crippen LogP) is 2.77. The minimum absolute atomic E-state index is 0. The van der Waals surface area contributed by atoms with Crippen molar-refractivity contribution in [3.05, 3.63) is 0 Å². The monoisotopic (exact) mass is 423 g/mol. The third-order valence-electron chi connectivity index (χ3n) is 0. The summed E-state index contributed by atoms with van der Waals surface area (Å²) < 4.78 is 0. The van der Waals surface area contributed by atoms with Gasteiger partial charge >= 0.3 is 49.6 Å². The van der Waals surface area contributed by atoms with Crippen molar-refractivity contribution < 1.29 is 16.7 Å². The summed E-state index contributed by atoms with van der Waals surface area (Å²) in [6.07, 6.45) is 0. The van der Waals surface area contributed by atoms with E-state index in [0.29, 0.717) is 0 Å². The first kappa shape index (κ1) is 22.4. The predicted molar refractivity (Wildman–Crippen MR) is 41.5 cm³/mol. The fourth-order valence-corrected chi connectivity index (χ4v) is 0.